The van der Waals surface area contributed by atoms with E-state index in [1.54, 1.807) is 0 Å². The molecule has 0 aromatic rings. The first-order valence-corrected chi connectivity index (χ1v) is 13.9. The molecule has 0 amide bonds. The smallest absolute Gasteiger partial charge is 0.303 e. The Morgan fingerprint density at radius 2 is 1.79 bits per heavy atom. The second kappa shape index (κ2) is 7.34. The Hall–Kier alpha value is -0.830. The van der Waals surface area contributed by atoms with Crippen molar-refractivity contribution in [1.82, 2.24) is 0 Å². The van der Waals surface area contributed by atoms with Gasteiger partial charge >= 0.3 is 5.97 Å². The van der Waals surface area contributed by atoms with Crippen molar-refractivity contribution in [3.8, 4) is 0 Å². The zero-order valence-corrected chi connectivity index (χ0v) is 22.1. The highest BCUT2D eigenvalue weighted by Crippen LogP contribution is 2.87. The lowest BCUT2D eigenvalue weighted by Gasteiger charge is -2.61. The minimum atomic E-state index is -0.626. The SMILES string of the molecule is C=C(C)C1CCC2C3(C)CCC(C(C)CCC4OC4(C)C)C3(C)CCC23CC13CCC(=O)O. The van der Waals surface area contributed by atoms with Crippen molar-refractivity contribution in [2.75, 3.05) is 0 Å². The van der Waals surface area contributed by atoms with Crippen molar-refractivity contribution in [3.05, 3.63) is 12.2 Å². The number of hydrogen-bond donors (Lipinski definition) is 1. The van der Waals surface area contributed by atoms with Crippen LogP contribution < -0.4 is 0 Å². The van der Waals surface area contributed by atoms with Crippen LogP contribution in [-0.2, 0) is 9.53 Å². The van der Waals surface area contributed by atoms with E-state index in [1.807, 2.05) is 0 Å². The van der Waals surface area contributed by atoms with Crippen LogP contribution in [0.4, 0.5) is 0 Å². The number of fused-ring (bicyclic) bond motifs is 2. The number of rotatable bonds is 8. The summed E-state index contributed by atoms with van der Waals surface area (Å²) in [5.74, 6) is 2.23. The Balaban J connectivity index is 1.37. The normalized spacial score (nSPS) is 50.0. The van der Waals surface area contributed by atoms with Crippen LogP contribution in [-0.4, -0.2) is 22.8 Å². The molecule has 33 heavy (non-hydrogen) atoms. The van der Waals surface area contributed by atoms with Crippen LogP contribution in [0.2, 0.25) is 0 Å². The number of carboxylic acid groups (broad SMARTS) is 1. The summed E-state index contributed by atoms with van der Waals surface area (Å²) in [6.07, 6.45) is 13.3. The average Bonchev–Trinajstić information content (AvgIpc) is 3.55. The highest BCUT2D eigenvalue weighted by Gasteiger charge is 2.80. The van der Waals surface area contributed by atoms with Gasteiger partial charge in [-0.1, -0.05) is 32.9 Å². The molecule has 0 radical (unpaired) electrons. The Bertz CT molecular complexity index is 845. The van der Waals surface area contributed by atoms with E-state index in [0.29, 0.717) is 34.7 Å². The Kier molecular flexibility index (Phi) is 5.31. The van der Waals surface area contributed by atoms with E-state index in [2.05, 4.69) is 48.1 Å². The number of allylic oxidation sites excluding steroid dienone is 1. The summed E-state index contributed by atoms with van der Waals surface area (Å²) in [4.78, 5) is 11.6. The first kappa shape index (κ1) is 23.9. The minimum Gasteiger partial charge on any atom is -0.481 e. The topological polar surface area (TPSA) is 49.8 Å². The van der Waals surface area contributed by atoms with Gasteiger partial charge in [-0.15, -0.1) is 0 Å². The predicted molar refractivity (Wildman–Crippen MR) is 133 cm³/mol. The van der Waals surface area contributed by atoms with Crippen LogP contribution in [0.15, 0.2) is 12.2 Å². The van der Waals surface area contributed by atoms with Crippen molar-refractivity contribution in [1.29, 1.82) is 0 Å². The zero-order valence-electron chi connectivity index (χ0n) is 22.1. The molecule has 9 atom stereocenters. The second-order valence-electron chi connectivity index (χ2n) is 14.2. The van der Waals surface area contributed by atoms with Gasteiger partial charge in [-0.3, -0.25) is 4.79 Å². The molecule has 0 bridgehead atoms. The third kappa shape index (κ3) is 3.19. The van der Waals surface area contributed by atoms with Crippen molar-refractivity contribution < 1.29 is 14.6 Å². The van der Waals surface area contributed by atoms with Crippen LogP contribution in [0, 0.1) is 45.3 Å². The summed E-state index contributed by atoms with van der Waals surface area (Å²) in [6, 6.07) is 0. The van der Waals surface area contributed by atoms with E-state index < -0.39 is 5.97 Å². The Morgan fingerprint density at radius 1 is 1.09 bits per heavy atom. The fraction of sp³-hybridized carbons (Fsp3) is 0.900. The van der Waals surface area contributed by atoms with Crippen LogP contribution in [0.3, 0.4) is 0 Å². The van der Waals surface area contributed by atoms with Gasteiger partial charge in [0, 0.05) is 6.42 Å². The van der Waals surface area contributed by atoms with Crippen LogP contribution in [0.1, 0.15) is 112 Å². The molecule has 1 aliphatic heterocycles. The molecular weight excluding hydrogens is 408 g/mol. The minimum absolute atomic E-state index is 0.109. The third-order valence-corrected chi connectivity index (χ3v) is 12.6. The quantitative estimate of drug-likeness (QED) is 0.301. The van der Waals surface area contributed by atoms with Gasteiger partial charge in [0.2, 0.25) is 0 Å². The number of carboxylic acids is 1. The molecule has 1 N–H and O–H groups in total. The summed E-state index contributed by atoms with van der Waals surface area (Å²) >= 11 is 0. The lowest BCUT2D eigenvalue weighted by molar-refractivity contribution is -0.139. The fourth-order valence-electron chi connectivity index (χ4n) is 10.6. The molecule has 186 valence electrons. The molecule has 1 heterocycles. The van der Waals surface area contributed by atoms with Crippen molar-refractivity contribution in [3.63, 3.8) is 0 Å². The monoisotopic (exact) mass is 456 g/mol. The molecule has 0 aromatic heterocycles. The van der Waals surface area contributed by atoms with Gasteiger partial charge in [0.05, 0.1) is 11.7 Å². The van der Waals surface area contributed by atoms with Crippen LogP contribution >= 0.6 is 0 Å². The van der Waals surface area contributed by atoms with Crippen LogP contribution in [0.25, 0.3) is 0 Å². The maximum Gasteiger partial charge on any atom is 0.303 e. The molecule has 4 aliphatic carbocycles. The van der Waals surface area contributed by atoms with Gasteiger partial charge < -0.3 is 9.84 Å². The van der Waals surface area contributed by atoms with Gasteiger partial charge in [0.25, 0.3) is 0 Å². The highest BCUT2D eigenvalue weighted by atomic mass is 16.6. The van der Waals surface area contributed by atoms with E-state index in [4.69, 9.17) is 4.74 Å². The number of epoxide rings is 1. The van der Waals surface area contributed by atoms with Gasteiger partial charge in [-0.05, 0) is 130 Å². The number of carbonyl (C=O) groups is 1. The molecule has 9 unspecified atom stereocenters. The summed E-state index contributed by atoms with van der Waals surface area (Å²) in [7, 11) is 0. The zero-order chi connectivity index (χ0) is 24.0. The molecule has 3 heteroatoms. The van der Waals surface area contributed by atoms with E-state index in [-0.39, 0.29) is 11.0 Å². The first-order valence-electron chi connectivity index (χ1n) is 13.9. The molecule has 5 fully saturated rings. The summed E-state index contributed by atoms with van der Waals surface area (Å²) in [5.41, 5.74) is 2.81. The molecule has 4 saturated carbocycles. The maximum atomic E-state index is 11.6. The van der Waals surface area contributed by atoms with Crippen molar-refractivity contribution in [2.24, 2.45) is 45.3 Å². The van der Waals surface area contributed by atoms with Crippen molar-refractivity contribution in [2.45, 2.75) is 124 Å². The molecule has 1 saturated heterocycles. The molecule has 5 aliphatic rings. The summed E-state index contributed by atoms with van der Waals surface area (Å²) < 4.78 is 5.89. The molecular formula is C30H48O3. The standard InChI is InChI=1S/C30H48O3/c1-19(2)21-9-10-23-28(7)14-12-22(20(3)8-11-24-26(4,5)33-24)27(28,6)16-17-30(23)18-29(21,30)15-13-25(31)32/h20-24H,1,8-18H2,2-7H3,(H,31,32). The molecule has 1 spiro atoms. The fourth-order valence-corrected chi connectivity index (χ4v) is 10.6. The van der Waals surface area contributed by atoms with Gasteiger partial charge in [0.15, 0.2) is 0 Å². The maximum absolute atomic E-state index is 11.6. The molecule has 3 nitrogen and oxygen atoms in total. The summed E-state index contributed by atoms with van der Waals surface area (Å²) in [5, 5.41) is 9.53. The third-order valence-electron chi connectivity index (χ3n) is 12.6. The second-order valence-corrected chi connectivity index (χ2v) is 14.2. The number of hydrogen-bond acceptors (Lipinski definition) is 2. The number of ether oxygens (including phenoxy) is 1. The van der Waals surface area contributed by atoms with Gasteiger partial charge in [-0.25, -0.2) is 0 Å². The highest BCUT2D eigenvalue weighted by molar-refractivity contribution is 5.67. The molecule has 0 aromatic carbocycles. The van der Waals surface area contributed by atoms with Gasteiger partial charge in [0.1, 0.15) is 0 Å². The van der Waals surface area contributed by atoms with E-state index >= 15 is 0 Å². The largest absolute Gasteiger partial charge is 0.481 e. The Morgan fingerprint density at radius 3 is 2.39 bits per heavy atom. The molecule has 5 rings (SSSR count). The van der Waals surface area contributed by atoms with E-state index in [9.17, 15) is 9.90 Å². The Labute approximate surface area is 202 Å². The predicted octanol–water partition coefficient (Wildman–Crippen LogP) is 7.64. The lowest BCUT2D eigenvalue weighted by atomic mass is 9.43. The van der Waals surface area contributed by atoms with E-state index in [0.717, 1.165) is 24.2 Å². The van der Waals surface area contributed by atoms with Crippen LogP contribution in [0.5, 0.6) is 0 Å². The number of aliphatic carboxylic acids is 1. The van der Waals surface area contributed by atoms with Gasteiger partial charge in [-0.2, -0.15) is 0 Å². The van der Waals surface area contributed by atoms with E-state index in [1.165, 1.54) is 63.4 Å². The summed E-state index contributed by atoms with van der Waals surface area (Å²) in [6.45, 7) is 18.9. The first-order chi connectivity index (χ1) is 15.3. The van der Waals surface area contributed by atoms with Crippen molar-refractivity contribution >= 4 is 5.97 Å². The average molecular weight is 457 g/mol. The lowest BCUT2D eigenvalue weighted by Crippen LogP contribution is -2.54.